The molecule has 3 N–H and O–H groups in total. The summed E-state index contributed by atoms with van der Waals surface area (Å²) >= 11 is 1.04. The van der Waals surface area contributed by atoms with Gasteiger partial charge in [-0.05, 0) is 71.4 Å². The second-order valence-corrected chi connectivity index (χ2v) is 9.51. The lowest BCUT2D eigenvalue weighted by Gasteiger charge is -2.33. The molecule has 0 heterocycles. The first-order valence-corrected chi connectivity index (χ1v) is 12.5. The highest BCUT2D eigenvalue weighted by molar-refractivity contribution is 7.99. The highest BCUT2D eigenvalue weighted by atomic mass is 32.2. The van der Waals surface area contributed by atoms with Crippen LogP contribution in [0.25, 0.3) is 0 Å². The number of benzene rings is 2. The number of hydrogen-bond donors (Lipinski definition) is 3. The van der Waals surface area contributed by atoms with Crippen LogP contribution in [0.2, 0.25) is 0 Å². The topological polar surface area (TPSA) is 60.7 Å². The highest BCUT2D eigenvalue weighted by Crippen LogP contribution is 2.39. The molecule has 1 unspecified atom stereocenters. The van der Waals surface area contributed by atoms with Crippen LogP contribution in [0.4, 0.5) is 13.2 Å². The Kier molecular flexibility index (Phi) is 10.3. The second-order valence-electron chi connectivity index (χ2n) is 8.45. The van der Waals surface area contributed by atoms with E-state index in [-0.39, 0.29) is 18.6 Å². The Balaban J connectivity index is 2.24. The van der Waals surface area contributed by atoms with Crippen LogP contribution in [0.15, 0.2) is 41.3 Å². The predicted octanol–water partition coefficient (Wildman–Crippen LogP) is 5.94. The van der Waals surface area contributed by atoms with Crippen LogP contribution in [0.5, 0.6) is 0 Å². The number of thioether (sulfide) groups is 1. The minimum Gasteiger partial charge on any atom is -0.392 e. The molecule has 0 bridgehead atoms. The van der Waals surface area contributed by atoms with Gasteiger partial charge in [-0.3, -0.25) is 0 Å². The minimum atomic E-state index is -4.61. The van der Waals surface area contributed by atoms with E-state index in [1.54, 1.807) is 0 Å². The first-order chi connectivity index (χ1) is 15.6. The molecular weight excluding hydrogens is 449 g/mol. The summed E-state index contributed by atoms with van der Waals surface area (Å²) in [5.41, 5.74) is 4.67. The zero-order valence-electron chi connectivity index (χ0n) is 19.6. The number of alkyl halides is 3. The number of aliphatic hydroxyl groups is 3. The van der Waals surface area contributed by atoms with Crippen molar-refractivity contribution in [1.82, 2.24) is 0 Å². The molecule has 0 saturated heterocycles. The monoisotopic (exact) mass is 484 g/mol. The first kappa shape index (κ1) is 27.7. The molecule has 184 valence electrons. The molecule has 33 heavy (non-hydrogen) atoms. The minimum absolute atomic E-state index is 0.0758. The van der Waals surface area contributed by atoms with Crippen molar-refractivity contribution in [3.05, 3.63) is 64.2 Å². The number of aryl methyl sites for hydroxylation is 2. The van der Waals surface area contributed by atoms with Crippen LogP contribution < -0.4 is 0 Å². The molecule has 2 rings (SSSR count). The summed E-state index contributed by atoms with van der Waals surface area (Å²) in [6, 6.07) is 11.8. The van der Waals surface area contributed by atoms with E-state index < -0.39 is 18.0 Å². The van der Waals surface area contributed by atoms with Gasteiger partial charge in [-0.1, -0.05) is 51.1 Å². The summed E-state index contributed by atoms with van der Waals surface area (Å²) in [6.07, 6.45) is -2.68. The molecule has 0 aromatic heterocycles. The van der Waals surface area contributed by atoms with Gasteiger partial charge in [0.1, 0.15) is 0 Å². The lowest BCUT2D eigenvalue weighted by atomic mass is 9.71. The number of aliphatic hydroxyl groups excluding tert-OH is 3. The molecule has 0 aliphatic carbocycles. The van der Waals surface area contributed by atoms with Crippen molar-refractivity contribution in [2.24, 2.45) is 0 Å². The van der Waals surface area contributed by atoms with Crippen molar-refractivity contribution in [1.29, 1.82) is 0 Å². The molecule has 0 radical (unpaired) electrons. The molecule has 1 atom stereocenters. The van der Waals surface area contributed by atoms with Crippen molar-refractivity contribution in [3.8, 4) is 0 Å². The number of rotatable bonds is 12. The van der Waals surface area contributed by atoms with Crippen molar-refractivity contribution in [2.45, 2.75) is 88.7 Å². The zero-order valence-corrected chi connectivity index (χ0v) is 20.4. The molecule has 0 aliphatic heterocycles. The van der Waals surface area contributed by atoms with Crippen molar-refractivity contribution in [3.63, 3.8) is 0 Å². The summed E-state index contributed by atoms with van der Waals surface area (Å²) in [6.45, 7) is 6.09. The SMILES string of the molecule is CCc1cc(C(CC)(CC)CCc2ccc(CO)c(CO)c2)ccc1SCC(O)C(F)(F)F. The third kappa shape index (κ3) is 6.98. The molecule has 7 heteroatoms. The Morgan fingerprint density at radius 2 is 1.55 bits per heavy atom. The maximum absolute atomic E-state index is 12.7. The molecule has 2 aromatic rings. The van der Waals surface area contributed by atoms with Gasteiger partial charge in [0.25, 0.3) is 0 Å². The van der Waals surface area contributed by atoms with Gasteiger partial charge in [0.05, 0.1) is 13.2 Å². The quantitative estimate of drug-likeness (QED) is 0.326. The first-order valence-electron chi connectivity index (χ1n) is 11.5. The Hall–Kier alpha value is -1.54. The van der Waals surface area contributed by atoms with Gasteiger partial charge in [-0.2, -0.15) is 13.2 Å². The van der Waals surface area contributed by atoms with Crippen molar-refractivity contribution in [2.75, 3.05) is 5.75 Å². The summed E-state index contributed by atoms with van der Waals surface area (Å²) in [4.78, 5) is 0.776. The number of halogens is 3. The second kappa shape index (κ2) is 12.2. The van der Waals surface area contributed by atoms with Crippen molar-refractivity contribution < 1.29 is 28.5 Å². The van der Waals surface area contributed by atoms with E-state index in [0.717, 1.165) is 64.6 Å². The summed E-state index contributed by atoms with van der Waals surface area (Å²) in [7, 11) is 0. The van der Waals surface area contributed by atoms with E-state index >= 15 is 0 Å². The Bertz CT molecular complexity index is 895. The van der Waals surface area contributed by atoms with Crippen LogP contribution in [-0.4, -0.2) is 33.4 Å². The lowest BCUT2D eigenvalue weighted by Crippen LogP contribution is -2.30. The largest absolute Gasteiger partial charge is 0.415 e. The van der Waals surface area contributed by atoms with E-state index in [4.69, 9.17) is 0 Å². The summed E-state index contributed by atoms with van der Waals surface area (Å²) < 4.78 is 38.0. The van der Waals surface area contributed by atoms with Gasteiger partial charge in [-0.15, -0.1) is 11.8 Å². The van der Waals surface area contributed by atoms with E-state index in [1.807, 2.05) is 37.3 Å². The third-order valence-electron chi connectivity index (χ3n) is 6.69. The lowest BCUT2D eigenvalue weighted by molar-refractivity contribution is -0.195. The maximum atomic E-state index is 12.7. The molecule has 0 spiro atoms. The van der Waals surface area contributed by atoms with Gasteiger partial charge in [0, 0.05) is 10.6 Å². The van der Waals surface area contributed by atoms with Crippen LogP contribution in [-0.2, 0) is 31.5 Å². The van der Waals surface area contributed by atoms with Crippen molar-refractivity contribution >= 4 is 11.8 Å². The van der Waals surface area contributed by atoms with E-state index in [1.165, 1.54) is 5.56 Å². The molecule has 0 saturated carbocycles. The molecular formula is C26H35F3O3S. The average Bonchev–Trinajstić information content (AvgIpc) is 2.82. The van der Waals surface area contributed by atoms with Gasteiger partial charge >= 0.3 is 6.18 Å². The van der Waals surface area contributed by atoms with Crippen LogP contribution in [0.1, 0.15) is 67.9 Å². The van der Waals surface area contributed by atoms with Crippen LogP contribution in [0, 0.1) is 0 Å². The van der Waals surface area contributed by atoms with E-state index in [9.17, 15) is 28.5 Å². The van der Waals surface area contributed by atoms with Gasteiger partial charge in [0.15, 0.2) is 6.10 Å². The summed E-state index contributed by atoms with van der Waals surface area (Å²) in [5, 5.41) is 28.4. The third-order valence-corrected chi connectivity index (χ3v) is 7.88. The molecule has 0 fully saturated rings. The molecule has 3 nitrogen and oxygen atoms in total. The zero-order chi connectivity index (χ0) is 24.6. The van der Waals surface area contributed by atoms with E-state index in [2.05, 4.69) is 19.9 Å². The van der Waals surface area contributed by atoms with Crippen LogP contribution in [0.3, 0.4) is 0 Å². The Labute approximate surface area is 199 Å². The van der Waals surface area contributed by atoms with Gasteiger partial charge in [-0.25, -0.2) is 0 Å². The maximum Gasteiger partial charge on any atom is 0.415 e. The highest BCUT2D eigenvalue weighted by Gasteiger charge is 2.38. The Morgan fingerprint density at radius 3 is 2.09 bits per heavy atom. The summed E-state index contributed by atoms with van der Waals surface area (Å²) in [5.74, 6) is -0.417. The standard InChI is InChI=1S/C26H35F3O3S/c1-4-19-14-22(9-10-23(19)33-17-24(32)26(27,28)29)25(5-2,6-3)12-11-18-7-8-20(15-30)21(13-18)16-31/h7-10,13-14,24,30-32H,4-6,11-12,15-17H2,1-3H3. The predicted molar refractivity (Wildman–Crippen MR) is 127 cm³/mol. The van der Waals surface area contributed by atoms with E-state index in [0.29, 0.717) is 6.42 Å². The number of hydrogen-bond acceptors (Lipinski definition) is 4. The van der Waals surface area contributed by atoms with Gasteiger partial charge in [0.2, 0.25) is 0 Å². The smallest absolute Gasteiger partial charge is 0.392 e. The fourth-order valence-electron chi connectivity index (χ4n) is 4.27. The fourth-order valence-corrected chi connectivity index (χ4v) is 5.34. The molecule has 2 aromatic carbocycles. The molecule has 0 aliphatic rings. The van der Waals surface area contributed by atoms with Gasteiger partial charge < -0.3 is 15.3 Å². The van der Waals surface area contributed by atoms with Crippen LogP contribution >= 0.6 is 11.8 Å². The Morgan fingerprint density at radius 1 is 0.879 bits per heavy atom. The fraction of sp³-hybridized carbons (Fsp3) is 0.538. The average molecular weight is 485 g/mol. The molecule has 0 amide bonds. The normalized spacial score (nSPS) is 13.4.